The Kier molecular flexibility index (Phi) is 48.0. The smallest absolute Gasteiger partial charge is 0.306 e. The molecule has 0 fully saturated rings. The van der Waals surface area contributed by atoms with Gasteiger partial charge in [0.1, 0.15) is 13.2 Å². The molecule has 0 aliphatic carbocycles. The van der Waals surface area contributed by atoms with Gasteiger partial charge in [0.2, 0.25) is 0 Å². The van der Waals surface area contributed by atoms with Crippen LogP contribution in [-0.4, -0.2) is 37.2 Å². The van der Waals surface area contributed by atoms with Crippen molar-refractivity contribution in [1.29, 1.82) is 0 Å². The van der Waals surface area contributed by atoms with Crippen molar-refractivity contribution in [3.8, 4) is 0 Å². The first-order valence-electron chi connectivity index (χ1n) is 25.7. The molecule has 0 radical (unpaired) electrons. The summed E-state index contributed by atoms with van der Waals surface area (Å²) in [6.07, 6.45) is 66.8. The largest absolute Gasteiger partial charge is 0.462 e. The standard InChI is InChI=1S/C57H94O6/c1-4-7-10-13-16-19-22-24-26-27-28-29-30-31-32-34-35-38-41-44-47-50-56(59)62-53-54(52-61-55(58)49-46-43-40-37-21-18-15-12-9-6-3)63-57(60)51-48-45-42-39-36-33-25-23-20-17-14-11-8-5-2/h7,10,12,14-17,19,23-26,28-29,31-32,54H,4-6,8-9,11,13,18,20-22,27,30,33-53H2,1-3H3/b10-7-,15-12-,17-14-,19-16-,25-23-,26-24-,29-28-,32-31-. The molecule has 6 heteroatoms. The van der Waals surface area contributed by atoms with E-state index < -0.39 is 6.10 Å². The number of hydrogen-bond acceptors (Lipinski definition) is 6. The van der Waals surface area contributed by atoms with E-state index in [0.29, 0.717) is 19.3 Å². The van der Waals surface area contributed by atoms with E-state index in [1.807, 2.05) is 0 Å². The van der Waals surface area contributed by atoms with E-state index in [1.165, 1.54) is 32.1 Å². The topological polar surface area (TPSA) is 78.9 Å². The summed E-state index contributed by atoms with van der Waals surface area (Å²) in [6, 6.07) is 0. The fourth-order valence-corrected chi connectivity index (χ4v) is 6.66. The third kappa shape index (κ3) is 49.2. The van der Waals surface area contributed by atoms with Gasteiger partial charge in [-0.2, -0.15) is 0 Å². The Hall–Kier alpha value is -3.67. The second-order valence-electron chi connectivity index (χ2n) is 16.7. The predicted octanol–water partition coefficient (Wildman–Crippen LogP) is 17.0. The summed E-state index contributed by atoms with van der Waals surface area (Å²) < 4.78 is 16.7. The van der Waals surface area contributed by atoms with E-state index in [2.05, 4.69) is 118 Å². The molecule has 0 aliphatic rings. The maximum atomic E-state index is 12.8. The molecule has 0 saturated heterocycles. The van der Waals surface area contributed by atoms with Crippen LogP contribution in [0.5, 0.6) is 0 Å². The highest BCUT2D eigenvalue weighted by Crippen LogP contribution is 2.13. The quantitative estimate of drug-likeness (QED) is 0.0262. The average molecular weight is 875 g/mol. The van der Waals surface area contributed by atoms with Crippen LogP contribution in [-0.2, 0) is 28.6 Å². The number of carbonyl (C=O) groups is 3. The minimum Gasteiger partial charge on any atom is -0.462 e. The maximum Gasteiger partial charge on any atom is 0.306 e. The summed E-state index contributed by atoms with van der Waals surface area (Å²) in [7, 11) is 0. The van der Waals surface area contributed by atoms with Gasteiger partial charge in [0.05, 0.1) is 0 Å². The number of esters is 3. The van der Waals surface area contributed by atoms with Gasteiger partial charge in [-0.05, 0) is 109 Å². The van der Waals surface area contributed by atoms with Gasteiger partial charge in [0, 0.05) is 19.3 Å². The van der Waals surface area contributed by atoms with E-state index in [1.54, 1.807) is 0 Å². The zero-order valence-electron chi connectivity index (χ0n) is 40.8. The van der Waals surface area contributed by atoms with E-state index in [4.69, 9.17) is 14.2 Å². The van der Waals surface area contributed by atoms with Crippen LogP contribution in [0.4, 0.5) is 0 Å². The van der Waals surface area contributed by atoms with E-state index in [9.17, 15) is 14.4 Å². The second-order valence-corrected chi connectivity index (χ2v) is 16.7. The Morgan fingerprint density at radius 3 is 1.05 bits per heavy atom. The SMILES string of the molecule is CC/C=C\C/C=C\C/C=C\C/C=C\C/C=C\CCCCCCCC(=O)OCC(COC(=O)CCCCCCC/C=C\CCC)OC(=O)CCCCCCC/C=C\C/C=C\CCCC. The first-order valence-corrected chi connectivity index (χ1v) is 25.7. The monoisotopic (exact) mass is 875 g/mol. The van der Waals surface area contributed by atoms with E-state index in [0.717, 1.165) is 154 Å². The molecule has 0 aromatic carbocycles. The molecule has 0 aromatic rings. The van der Waals surface area contributed by atoms with Gasteiger partial charge in [-0.3, -0.25) is 14.4 Å². The molecule has 0 rings (SSSR count). The lowest BCUT2D eigenvalue weighted by Crippen LogP contribution is -2.30. The molecular weight excluding hydrogens is 781 g/mol. The van der Waals surface area contributed by atoms with Crippen molar-refractivity contribution < 1.29 is 28.6 Å². The van der Waals surface area contributed by atoms with Gasteiger partial charge >= 0.3 is 17.9 Å². The minimum atomic E-state index is -0.796. The molecule has 1 atom stereocenters. The van der Waals surface area contributed by atoms with Gasteiger partial charge in [-0.25, -0.2) is 0 Å². The zero-order valence-corrected chi connectivity index (χ0v) is 40.8. The van der Waals surface area contributed by atoms with Crippen molar-refractivity contribution in [2.45, 2.75) is 232 Å². The Balaban J connectivity index is 4.40. The first kappa shape index (κ1) is 59.3. The van der Waals surface area contributed by atoms with Crippen LogP contribution in [0.1, 0.15) is 226 Å². The summed E-state index contributed by atoms with van der Waals surface area (Å²) in [6.45, 7) is 6.37. The number of allylic oxidation sites excluding steroid dienone is 16. The van der Waals surface area contributed by atoms with E-state index >= 15 is 0 Å². The molecule has 6 nitrogen and oxygen atoms in total. The molecule has 0 amide bonds. The molecule has 1 unspecified atom stereocenters. The van der Waals surface area contributed by atoms with Gasteiger partial charge in [0.25, 0.3) is 0 Å². The Morgan fingerprint density at radius 2 is 0.651 bits per heavy atom. The highest BCUT2D eigenvalue weighted by Gasteiger charge is 2.19. The Bertz CT molecular complexity index is 1280. The molecule has 0 spiro atoms. The lowest BCUT2D eigenvalue weighted by molar-refractivity contribution is -0.167. The van der Waals surface area contributed by atoms with Gasteiger partial charge in [0.15, 0.2) is 6.10 Å². The predicted molar refractivity (Wildman–Crippen MR) is 270 cm³/mol. The van der Waals surface area contributed by atoms with Crippen LogP contribution in [0.15, 0.2) is 97.2 Å². The van der Waals surface area contributed by atoms with Crippen molar-refractivity contribution in [2.24, 2.45) is 0 Å². The van der Waals surface area contributed by atoms with Crippen LogP contribution in [0.3, 0.4) is 0 Å². The van der Waals surface area contributed by atoms with Crippen LogP contribution in [0, 0.1) is 0 Å². The van der Waals surface area contributed by atoms with Crippen LogP contribution >= 0.6 is 0 Å². The number of rotatable bonds is 45. The van der Waals surface area contributed by atoms with Crippen LogP contribution in [0.2, 0.25) is 0 Å². The third-order valence-corrected chi connectivity index (χ3v) is 10.5. The lowest BCUT2D eigenvalue weighted by atomic mass is 10.1. The van der Waals surface area contributed by atoms with Crippen LogP contribution < -0.4 is 0 Å². The molecule has 0 aliphatic heterocycles. The van der Waals surface area contributed by atoms with Gasteiger partial charge in [-0.15, -0.1) is 0 Å². The lowest BCUT2D eigenvalue weighted by Gasteiger charge is -2.18. The highest BCUT2D eigenvalue weighted by molar-refractivity contribution is 5.71. The number of ether oxygens (including phenoxy) is 3. The van der Waals surface area contributed by atoms with E-state index in [-0.39, 0.29) is 31.1 Å². The fourth-order valence-electron chi connectivity index (χ4n) is 6.66. The molecule has 63 heavy (non-hydrogen) atoms. The molecule has 0 aromatic heterocycles. The first-order chi connectivity index (χ1) is 31.0. The number of hydrogen-bond donors (Lipinski definition) is 0. The molecule has 358 valence electrons. The maximum absolute atomic E-state index is 12.8. The normalized spacial score (nSPS) is 12.9. The molecule has 0 bridgehead atoms. The van der Waals surface area contributed by atoms with Crippen molar-refractivity contribution in [3.63, 3.8) is 0 Å². The van der Waals surface area contributed by atoms with Crippen molar-refractivity contribution in [2.75, 3.05) is 13.2 Å². The van der Waals surface area contributed by atoms with Gasteiger partial charge in [-0.1, -0.05) is 195 Å². The zero-order chi connectivity index (χ0) is 45.8. The fraction of sp³-hybridized carbons (Fsp3) is 0.667. The summed E-state index contributed by atoms with van der Waals surface area (Å²) in [5.74, 6) is -0.944. The van der Waals surface area contributed by atoms with Crippen LogP contribution in [0.25, 0.3) is 0 Å². The minimum absolute atomic E-state index is 0.0954. The summed E-state index contributed by atoms with van der Waals surface area (Å²) >= 11 is 0. The summed E-state index contributed by atoms with van der Waals surface area (Å²) in [5.41, 5.74) is 0. The second kappa shape index (κ2) is 51.0. The molecule has 0 saturated carbocycles. The van der Waals surface area contributed by atoms with Crippen molar-refractivity contribution in [3.05, 3.63) is 97.2 Å². The van der Waals surface area contributed by atoms with Crippen molar-refractivity contribution >= 4 is 17.9 Å². The molecule has 0 heterocycles. The highest BCUT2D eigenvalue weighted by atomic mass is 16.6. The summed E-state index contributed by atoms with van der Waals surface area (Å²) in [4.78, 5) is 37.9. The van der Waals surface area contributed by atoms with Gasteiger partial charge < -0.3 is 14.2 Å². The Morgan fingerprint density at radius 1 is 0.333 bits per heavy atom. The number of carbonyl (C=O) groups excluding carboxylic acids is 3. The van der Waals surface area contributed by atoms with Crippen molar-refractivity contribution in [1.82, 2.24) is 0 Å². The molecule has 0 N–H and O–H groups in total. The third-order valence-electron chi connectivity index (χ3n) is 10.5. The molecular formula is C57H94O6. The summed E-state index contributed by atoms with van der Waals surface area (Å²) in [5, 5.41) is 0. The number of unbranched alkanes of at least 4 members (excludes halogenated alkanes) is 18. The Labute approximate surface area is 387 Å². The average Bonchev–Trinajstić information content (AvgIpc) is 3.28.